The molecule has 3 nitrogen and oxygen atoms in total. The van der Waals surface area contributed by atoms with Crippen LogP contribution in [0.25, 0.3) is 0 Å². The predicted molar refractivity (Wildman–Crippen MR) is 95.6 cm³/mol. The van der Waals surface area contributed by atoms with Gasteiger partial charge >= 0.3 is 0 Å². The molecular formula is C19H24ClNO2. The number of halogens is 1. The van der Waals surface area contributed by atoms with Crippen molar-refractivity contribution in [3.63, 3.8) is 0 Å². The fourth-order valence-electron chi connectivity index (χ4n) is 2.93. The van der Waals surface area contributed by atoms with Gasteiger partial charge in [-0.2, -0.15) is 0 Å². The van der Waals surface area contributed by atoms with Gasteiger partial charge in [0, 0.05) is 6.04 Å². The molecule has 2 unspecified atom stereocenters. The van der Waals surface area contributed by atoms with Crippen LogP contribution in [0.2, 0.25) is 0 Å². The van der Waals surface area contributed by atoms with Crippen molar-refractivity contribution in [3.8, 4) is 11.5 Å². The molecule has 0 aromatic heterocycles. The van der Waals surface area contributed by atoms with E-state index in [1.807, 2.05) is 49.5 Å². The second-order valence-corrected chi connectivity index (χ2v) is 5.73. The predicted octanol–water partition coefficient (Wildman–Crippen LogP) is 4.21. The highest BCUT2D eigenvalue weighted by atomic mass is 35.5. The van der Waals surface area contributed by atoms with Crippen LogP contribution in [0.4, 0.5) is 0 Å². The van der Waals surface area contributed by atoms with E-state index in [1.54, 1.807) is 0 Å². The van der Waals surface area contributed by atoms with Gasteiger partial charge < -0.3 is 14.8 Å². The number of likely N-dealkylation sites (N-methyl/N-ethyl adjacent to an activating group) is 1. The first-order valence-electron chi connectivity index (χ1n) is 7.96. The molecule has 1 saturated carbocycles. The van der Waals surface area contributed by atoms with Crippen LogP contribution in [-0.4, -0.2) is 19.2 Å². The maximum atomic E-state index is 6.08. The molecule has 1 fully saturated rings. The highest BCUT2D eigenvalue weighted by molar-refractivity contribution is 5.85. The van der Waals surface area contributed by atoms with Gasteiger partial charge in [-0.25, -0.2) is 0 Å². The Morgan fingerprint density at radius 1 is 0.957 bits per heavy atom. The number of ether oxygens (including phenoxy) is 2. The van der Waals surface area contributed by atoms with Gasteiger partial charge in [0.15, 0.2) is 0 Å². The zero-order valence-corrected chi connectivity index (χ0v) is 14.2. The summed E-state index contributed by atoms with van der Waals surface area (Å²) in [6.45, 7) is 0.589. The lowest BCUT2D eigenvalue weighted by molar-refractivity contribution is 0.178. The third-order valence-corrected chi connectivity index (χ3v) is 4.18. The maximum Gasteiger partial charge on any atom is 0.120 e. The van der Waals surface area contributed by atoms with E-state index in [4.69, 9.17) is 9.47 Å². The van der Waals surface area contributed by atoms with E-state index in [0.717, 1.165) is 17.9 Å². The molecule has 0 amide bonds. The van der Waals surface area contributed by atoms with Gasteiger partial charge in [-0.05, 0) is 56.1 Å². The molecular weight excluding hydrogens is 310 g/mol. The Morgan fingerprint density at radius 2 is 1.65 bits per heavy atom. The topological polar surface area (TPSA) is 30.5 Å². The molecule has 1 N–H and O–H groups in total. The van der Waals surface area contributed by atoms with E-state index in [9.17, 15) is 0 Å². The average Bonchev–Trinajstić information content (AvgIpc) is 3.02. The largest absolute Gasteiger partial charge is 0.489 e. The minimum Gasteiger partial charge on any atom is -0.489 e. The SMILES string of the molecule is CNC1CCCC1Oc1ccc(OCc2ccccc2)cc1.Cl. The lowest BCUT2D eigenvalue weighted by Crippen LogP contribution is -2.36. The Morgan fingerprint density at radius 3 is 2.35 bits per heavy atom. The fraction of sp³-hybridized carbons (Fsp3) is 0.368. The quantitative estimate of drug-likeness (QED) is 0.859. The third kappa shape index (κ3) is 4.88. The molecule has 1 aliphatic rings. The van der Waals surface area contributed by atoms with Crippen LogP contribution in [0.5, 0.6) is 11.5 Å². The molecule has 0 spiro atoms. The molecule has 1 aliphatic carbocycles. The fourth-order valence-corrected chi connectivity index (χ4v) is 2.93. The normalized spacial score (nSPS) is 19.9. The molecule has 0 heterocycles. The van der Waals surface area contributed by atoms with Crippen LogP contribution in [0, 0.1) is 0 Å². The van der Waals surface area contributed by atoms with Crippen molar-refractivity contribution in [1.29, 1.82) is 0 Å². The molecule has 2 aromatic carbocycles. The Labute approximate surface area is 144 Å². The van der Waals surface area contributed by atoms with Crippen molar-refractivity contribution in [2.45, 2.75) is 38.0 Å². The Bertz CT molecular complexity index is 574. The third-order valence-electron chi connectivity index (χ3n) is 4.18. The standard InChI is InChI=1S/C19H23NO2.ClH/c1-20-18-8-5-9-19(18)22-17-12-10-16(11-13-17)21-14-15-6-3-2-4-7-15;/h2-4,6-7,10-13,18-20H,5,8-9,14H2,1H3;1H. The van der Waals surface area contributed by atoms with E-state index < -0.39 is 0 Å². The van der Waals surface area contributed by atoms with Crippen molar-refractivity contribution >= 4 is 12.4 Å². The first-order chi connectivity index (χ1) is 10.8. The maximum absolute atomic E-state index is 6.08. The first kappa shape index (κ1) is 17.6. The van der Waals surface area contributed by atoms with Gasteiger partial charge in [-0.1, -0.05) is 30.3 Å². The van der Waals surface area contributed by atoms with Crippen LogP contribution < -0.4 is 14.8 Å². The minimum atomic E-state index is 0. The van der Waals surface area contributed by atoms with Gasteiger partial charge in [0.1, 0.15) is 24.2 Å². The second kappa shape index (κ2) is 8.80. The molecule has 0 aliphatic heterocycles. The van der Waals surface area contributed by atoms with Crippen molar-refractivity contribution in [2.24, 2.45) is 0 Å². The summed E-state index contributed by atoms with van der Waals surface area (Å²) in [6.07, 6.45) is 3.83. The highest BCUT2D eigenvalue weighted by Crippen LogP contribution is 2.26. The van der Waals surface area contributed by atoms with Crippen molar-refractivity contribution in [2.75, 3.05) is 7.05 Å². The lowest BCUT2D eigenvalue weighted by atomic mass is 10.2. The summed E-state index contributed by atoms with van der Waals surface area (Å²) in [5.41, 5.74) is 1.17. The Hall–Kier alpha value is -1.71. The zero-order chi connectivity index (χ0) is 15.2. The second-order valence-electron chi connectivity index (χ2n) is 5.73. The van der Waals surface area contributed by atoms with Crippen LogP contribution in [0.15, 0.2) is 54.6 Å². The van der Waals surface area contributed by atoms with Crippen LogP contribution in [0.3, 0.4) is 0 Å². The van der Waals surface area contributed by atoms with Gasteiger partial charge in [0.2, 0.25) is 0 Å². The van der Waals surface area contributed by atoms with Gasteiger partial charge in [0.25, 0.3) is 0 Å². The number of hydrogen-bond acceptors (Lipinski definition) is 3. The lowest BCUT2D eigenvalue weighted by Gasteiger charge is -2.20. The monoisotopic (exact) mass is 333 g/mol. The molecule has 0 saturated heterocycles. The van der Waals surface area contributed by atoms with Crippen molar-refractivity contribution in [3.05, 3.63) is 60.2 Å². The van der Waals surface area contributed by atoms with E-state index in [0.29, 0.717) is 12.6 Å². The van der Waals surface area contributed by atoms with Crippen LogP contribution in [-0.2, 0) is 6.61 Å². The molecule has 3 rings (SSSR count). The van der Waals surface area contributed by atoms with Gasteiger partial charge in [-0.15, -0.1) is 12.4 Å². The summed E-state index contributed by atoms with van der Waals surface area (Å²) in [4.78, 5) is 0. The van der Waals surface area contributed by atoms with E-state index in [1.165, 1.54) is 18.4 Å². The number of nitrogens with one attached hydrogen (secondary N) is 1. The summed E-state index contributed by atoms with van der Waals surface area (Å²) < 4.78 is 11.9. The smallest absolute Gasteiger partial charge is 0.120 e. The summed E-state index contributed by atoms with van der Waals surface area (Å²) in [7, 11) is 2.01. The van der Waals surface area contributed by atoms with E-state index in [2.05, 4.69) is 17.4 Å². The number of benzene rings is 2. The van der Waals surface area contributed by atoms with Gasteiger partial charge in [-0.3, -0.25) is 0 Å². The molecule has 124 valence electrons. The van der Waals surface area contributed by atoms with Crippen molar-refractivity contribution in [1.82, 2.24) is 5.32 Å². The number of rotatable bonds is 6. The van der Waals surface area contributed by atoms with Crippen LogP contribution >= 0.6 is 12.4 Å². The summed E-state index contributed by atoms with van der Waals surface area (Å²) in [6, 6.07) is 18.6. The van der Waals surface area contributed by atoms with Gasteiger partial charge in [0.05, 0.1) is 0 Å². The minimum absolute atomic E-state index is 0. The average molecular weight is 334 g/mol. The Kier molecular flexibility index (Phi) is 6.75. The first-order valence-corrected chi connectivity index (χ1v) is 7.96. The van der Waals surface area contributed by atoms with E-state index in [-0.39, 0.29) is 18.5 Å². The summed E-state index contributed by atoms with van der Waals surface area (Å²) >= 11 is 0. The molecule has 0 bridgehead atoms. The highest BCUT2D eigenvalue weighted by Gasteiger charge is 2.27. The van der Waals surface area contributed by atoms with Crippen molar-refractivity contribution < 1.29 is 9.47 Å². The molecule has 0 radical (unpaired) electrons. The molecule has 2 atom stereocenters. The van der Waals surface area contributed by atoms with Crippen LogP contribution in [0.1, 0.15) is 24.8 Å². The summed E-state index contributed by atoms with van der Waals surface area (Å²) in [5, 5.41) is 3.33. The zero-order valence-electron chi connectivity index (χ0n) is 13.4. The molecule has 23 heavy (non-hydrogen) atoms. The van der Waals surface area contributed by atoms with E-state index >= 15 is 0 Å². The summed E-state index contributed by atoms with van der Waals surface area (Å²) in [5.74, 6) is 1.78. The Balaban J connectivity index is 0.00000192. The molecule has 4 heteroatoms. The number of hydrogen-bond donors (Lipinski definition) is 1. The molecule has 2 aromatic rings.